The molecule has 1 atom stereocenters. The Balaban J connectivity index is 1.44. The van der Waals surface area contributed by atoms with Crippen molar-refractivity contribution in [2.24, 2.45) is 0 Å². The van der Waals surface area contributed by atoms with Gasteiger partial charge < -0.3 is 18.6 Å². The fourth-order valence-corrected chi connectivity index (χ4v) is 3.69. The number of rotatable bonds is 5. The Morgan fingerprint density at radius 1 is 1.19 bits per heavy atom. The standard InChI is InChI=1S/C19H19N3O4S/c1-11-8-20-13(12(2)17(11)23-3)10-27-19-22-21-18(26-19)16-9-24-14-6-4-5-7-15(14)25-16/h4-8,16H,9-10H2,1-3H3/t16-/m1/s1. The van der Waals surface area contributed by atoms with Crippen LogP contribution in [0.3, 0.4) is 0 Å². The lowest BCUT2D eigenvalue weighted by Gasteiger charge is -2.23. The number of fused-ring (bicyclic) bond motifs is 1. The van der Waals surface area contributed by atoms with Gasteiger partial charge in [0, 0.05) is 23.1 Å². The number of aryl methyl sites for hydroxylation is 1. The van der Waals surface area contributed by atoms with E-state index in [1.54, 1.807) is 7.11 Å². The van der Waals surface area contributed by atoms with Crippen molar-refractivity contribution in [3.8, 4) is 17.2 Å². The van der Waals surface area contributed by atoms with Gasteiger partial charge in [-0.1, -0.05) is 23.9 Å². The van der Waals surface area contributed by atoms with E-state index in [2.05, 4.69) is 15.2 Å². The van der Waals surface area contributed by atoms with Crippen LogP contribution in [-0.2, 0) is 5.75 Å². The topological polar surface area (TPSA) is 79.5 Å². The van der Waals surface area contributed by atoms with Crippen molar-refractivity contribution in [3.05, 3.63) is 53.2 Å². The van der Waals surface area contributed by atoms with Crippen molar-refractivity contribution < 1.29 is 18.6 Å². The van der Waals surface area contributed by atoms with Crippen LogP contribution in [0.2, 0.25) is 0 Å². The molecule has 1 aliphatic rings. The summed E-state index contributed by atoms with van der Waals surface area (Å²) < 4.78 is 22.8. The molecular formula is C19H19N3O4S. The van der Waals surface area contributed by atoms with Crippen molar-refractivity contribution in [1.29, 1.82) is 0 Å². The minimum absolute atomic E-state index is 0.332. The van der Waals surface area contributed by atoms with E-state index in [9.17, 15) is 0 Å². The zero-order chi connectivity index (χ0) is 18.8. The second-order valence-corrected chi connectivity index (χ2v) is 7.03. The molecule has 2 aromatic heterocycles. The van der Waals surface area contributed by atoms with Gasteiger partial charge in [0.15, 0.2) is 11.5 Å². The zero-order valence-electron chi connectivity index (χ0n) is 15.3. The van der Waals surface area contributed by atoms with Gasteiger partial charge in [0.25, 0.3) is 11.1 Å². The van der Waals surface area contributed by atoms with E-state index in [1.165, 1.54) is 11.8 Å². The molecule has 140 valence electrons. The Morgan fingerprint density at radius 3 is 2.81 bits per heavy atom. The average molecular weight is 385 g/mol. The molecule has 4 rings (SSSR count). The van der Waals surface area contributed by atoms with Gasteiger partial charge >= 0.3 is 0 Å². The van der Waals surface area contributed by atoms with Gasteiger partial charge in [-0.2, -0.15) is 0 Å². The molecule has 0 radical (unpaired) electrons. The van der Waals surface area contributed by atoms with Gasteiger partial charge in [-0.15, -0.1) is 10.2 Å². The van der Waals surface area contributed by atoms with Crippen LogP contribution in [0.4, 0.5) is 0 Å². The Kier molecular flexibility index (Phi) is 4.89. The first-order valence-corrected chi connectivity index (χ1v) is 9.48. The number of para-hydroxylation sites is 2. The van der Waals surface area contributed by atoms with Crippen LogP contribution in [-0.4, -0.2) is 28.9 Å². The monoisotopic (exact) mass is 385 g/mol. The average Bonchev–Trinajstić information content (AvgIpc) is 3.16. The highest BCUT2D eigenvalue weighted by atomic mass is 32.2. The molecule has 0 bridgehead atoms. The lowest BCUT2D eigenvalue weighted by molar-refractivity contribution is 0.0686. The molecule has 0 aliphatic carbocycles. The number of ether oxygens (including phenoxy) is 3. The molecule has 1 aromatic carbocycles. The number of pyridine rings is 1. The molecule has 0 amide bonds. The van der Waals surface area contributed by atoms with Gasteiger partial charge in [0.2, 0.25) is 6.10 Å². The molecular weight excluding hydrogens is 366 g/mol. The summed E-state index contributed by atoms with van der Waals surface area (Å²) in [4.78, 5) is 4.49. The first kappa shape index (κ1) is 17.7. The summed E-state index contributed by atoms with van der Waals surface area (Å²) in [6, 6.07) is 7.52. The quantitative estimate of drug-likeness (QED) is 0.612. The summed E-state index contributed by atoms with van der Waals surface area (Å²) in [6.07, 6.45) is 1.40. The molecule has 0 N–H and O–H groups in total. The number of hydrogen-bond donors (Lipinski definition) is 0. The van der Waals surface area contributed by atoms with E-state index in [4.69, 9.17) is 18.6 Å². The molecule has 1 aliphatic heterocycles. The van der Waals surface area contributed by atoms with Gasteiger partial charge in [-0.3, -0.25) is 4.98 Å². The maximum atomic E-state index is 5.90. The predicted octanol–water partition coefficient (Wildman–Crippen LogP) is 3.89. The number of thioether (sulfide) groups is 1. The Labute approximate surface area is 161 Å². The first-order chi connectivity index (χ1) is 13.2. The predicted molar refractivity (Wildman–Crippen MR) is 99.4 cm³/mol. The molecule has 0 saturated carbocycles. The number of nitrogens with zero attached hydrogens (tertiary/aromatic N) is 3. The molecule has 0 spiro atoms. The second-order valence-electron chi connectivity index (χ2n) is 6.11. The molecule has 7 nitrogen and oxygen atoms in total. The highest BCUT2D eigenvalue weighted by Crippen LogP contribution is 2.36. The third-order valence-electron chi connectivity index (χ3n) is 4.29. The highest BCUT2D eigenvalue weighted by Gasteiger charge is 2.27. The van der Waals surface area contributed by atoms with Crippen LogP contribution >= 0.6 is 11.8 Å². The van der Waals surface area contributed by atoms with Crippen LogP contribution < -0.4 is 14.2 Å². The Bertz CT molecular complexity index is 960. The van der Waals surface area contributed by atoms with Crippen LogP contribution in [0.5, 0.6) is 17.2 Å². The van der Waals surface area contributed by atoms with E-state index in [1.807, 2.05) is 44.3 Å². The highest BCUT2D eigenvalue weighted by molar-refractivity contribution is 7.98. The van der Waals surface area contributed by atoms with Gasteiger partial charge in [-0.05, 0) is 26.0 Å². The second kappa shape index (κ2) is 7.48. The zero-order valence-corrected chi connectivity index (χ0v) is 16.1. The van der Waals surface area contributed by atoms with Crippen LogP contribution in [0.25, 0.3) is 0 Å². The van der Waals surface area contributed by atoms with Crippen LogP contribution in [0, 0.1) is 13.8 Å². The maximum absolute atomic E-state index is 5.90. The summed E-state index contributed by atoms with van der Waals surface area (Å²) in [5, 5.41) is 8.68. The Morgan fingerprint density at radius 2 is 2.00 bits per heavy atom. The number of aromatic nitrogens is 3. The van der Waals surface area contributed by atoms with E-state index in [0.29, 0.717) is 29.2 Å². The number of benzene rings is 1. The third kappa shape index (κ3) is 3.57. The van der Waals surface area contributed by atoms with Gasteiger partial charge in [-0.25, -0.2) is 0 Å². The largest absolute Gasteiger partial charge is 0.496 e. The maximum Gasteiger partial charge on any atom is 0.277 e. The molecule has 0 saturated heterocycles. The van der Waals surface area contributed by atoms with Gasteiger partial charge in [0.1, 0.15) is 12.4 Å². The smallest absolute Gasteiger partial charge is 0.277 e. The molecule has 3 aromatic rings. The summed E-state index contributed by atoms with van der Waals surface area (Å²) in [5.74, 6) is 3.26. The normalized spacial score (nSPS) is 15.6. The molecule has 8 heteroatoms. The van der Waals surface area contributed by atoms with E-state index < -0.39 is 6.10 Å². The fourth-order valence-electron chi connectivity index (χ4n) is 2.90. The van der Waals surface area contributed by atoms with E-state index in [-0.39, 0.29) is 0 Å². The molecule has 0 unspecified atom stereocenters. The summed E-state index contributed by atoms with van der Waals surface area (Å²) in [6.45, 7) is 4.31. The van der Waals surface area contributed by atoms with Crippen LogP contribution in [0.1, 0.15) is 28.8 Å². The molecule has 0 fully saturated rings. The van der Waals surface area contributed by atoms with Crippen molar-refractivity contribution >= 4 is 11.8 Å². The summed E-state index contributed by atoms with van der Waals surface area (Å²) >= 11 is 1.43. The lowest BCUT2D eigenvalue weighted by atomic mass is 10.1. The van der Waals surface area contributed by atoms with Crippen molar-refractivity contribution in [3.63, 3.8) is 0 Å². The van der Waals surface area contributed by atoms with Crippen molar-refractivity contribution in [2.45, 2.75) is 30.9 Å². The first-order valence-electron chi connectivity index (χ1n) is 8.49. The minimum atomic E-state index is -0.416. The summed E-state index contributed by atoms with van der Waals surface area (Å²) in [7, 11) is 1.67. The van der Waals surface area contributed by atoms with Crippen molar-refractivity contribution in [1.82, 2.24) is 15.2 Å². The number of methoxy groups -OCH3 is 1. The summed E-state index contributed by atoms with van der Waals surface area (Å²) in [5.41, 5.74) is 2.96. The third-order valence-corrected chi connectivity index (χ3v) is 5.12. The fraction of sp³-hybridized carbons (Fsp3) is 0.316. The van der Waals surface area contributed by atoms with Crippen LogP contribution in [0.15, 0.2) is 40.1 Å². The minimum Gasteiger partial charge on any atom is -0.496 e. The van der Waals surface area contributed by atoms with E-state index in [0.717, 1.165) is 28.3 Å². The Hall–Kier alpha value is -2.74. The molecule has 27 heavy (non-hydrogen) atoms. The van der Waals surface area contributed by atoms with Gasteiger partial charge in [0.05, 0.1) is 12.8 Å². The van der Waals surface area contributed by atoms with Crippen molar-refractivity contribution in [2.75, 3.05) is 13.7 Å². The van der Waals surface area contributed by atoms with E-state index >= 15 is 0 Å². The SMILES string of the molecule is COc1c(C)cnc(CSc2nnc([C@H]3COc4ccccc4O3)o2)c1C. The molecule has 3 heterocycles. The number of hydrogen-bond acceptors (Lipinski definition) is 8. The lowest BCUT2D eigenvalue weighted by Crippen LogP contribution is -2.21.